The molecule has 10 heavy (non-hydrogen) atoms. The average Bonchev–Trinajstić information content (AvgIpc) is 2.13. The van der Waals surface area contributed by atoms with Crippen molar-refractivity contribution in [2.45, 2.75) is 19.3 Å². The number of likely N-dealkylation sites (tertiary alicyclic amines) is 1. The summed E-state index contributed by atoms with van der Waals surface area (Å²) >= 11 is 0. The lowest BCUT2D eigenvalue weighted by Crippen LogP contribution is -2.24. The molecule has 0 bridgehead atoms. The van der Waals surface area contributed by atoms with Crippen LogP contribution in [-0.4, -0.2) is 17.4 Å². The van der Waals surface area contributed by atoms with Crippen molar-refractivity contribution < 1.29 is 4.79 Å². The minimum Gasteiger partial charge on any atom is -0.280 e. The Kier molecular flexibility index (Phi) is 2.37. The maximum Gasteiger partial charge on any atom is 0.408 e. The van der Waals surface area contributed by atoms with E-state index in [9.17, 15) is 4.79 Å². The Labute approximate surface area is 61.5 Å². The van der Waals surface area contributed by atoms with Crippen LogP contribution < -0.4 is 0 Å². The Balaban J connectivity index is 2.51. The smallest absolute Gasteiger partial charge is 0.280 e. The third kappa shape index (κ3) is 1.53. The Morgan fingerprint density at radius 3 is 3.10 bits per heavy atom. The molecule has 54 valence electrons. The van der Waals surface area contributed by atoms with Crippen LogP contribution in [0.1, 0.15) is 19.3 Å². The van der Waals surface area contributed by atoms with Gasteiger partial charge in [0.2, 0.25) is 0 Å². The number of carbonyl (C=O) groups excluding carboxylic acids is 1. The van der Waals surface area contributed by atoms with Gasteiger partial charge in [-0.25, -0.2) is 4.79 Å². The molecule has 0 N–H and O–H groups in total. The molecule has 0 aromatic carbocycles. The highest BCUT2D eigenvalue weighted by Crippen LogP contribution is 2.09. The number of carbonyl (C=O) groups is 1. The van der Waals surface area contributed by atoms with E-state index in [0.717, 1.165) is 25.8 Å². The molecule has 2 nitrogen and oxygen atoms in total. The van der Waals surface area contributed by atoms with E-state index in [4.69, 9.17) is 0 Å². The highest BCUT2D eigenvalue weighted by Gasteiger charge is 2.21. The van der Waals surface area contributed by atoms with Gasteiger partial charge < -0.3 is 0 Å². The molecule has 0 unspecified atom stereocenters. The molecule has 2 heteroatoms. The molecule has 0 atom stereocenters. The van der Waals surface area contributed by atoms with E-state index >= 15 is 0 Å². The molecule has 1 fully saturated rings. The van der Waals surface area contributed by atoms with Gasteiger partial charge in [-0.3, -0.25) is 4.90 Å². The zero-order chi connectivity index (χ0) is 7.40. The normalized spacial score (nSPS) is 19.6. The molecule has 1 rings (SSSR count). The van der Waals surface area contributed by atoms with Gasteiger partial charge in [0, 0.05) is 12.7 Å². The molecule has 1 amide bonds. The second-order valence-electron chi connectivity index (χ2n) is 2.41. The van der Waals surface area contributed by atoms with Crippen LogP contribution >= 0.6 is 0 Å². The molecule has 1 aliphatic rings. The monoisotopic (exact) mass is 138 g/mol. The second kappa shape index (κ2) is 3.30. The van der Waals surface area contributed by atoms with E-state index in [2.05, 4.69) is 6.58 Å². The van der Waals surface area contributed by atoms with Gasteiger partial charge in [0.05, 0.1) is 6.42 Å². The van der Waals surface area contributed by atoms with Gasteiger partial charge >= 0.3 is 5.91 Å². The lowest BCUT2D eigenvalue weighted by Gasteiger charge is -2.07. The maximum absolute atomic E-state index is 11.0. The Morgan fingerprint density at radius 2 is 2.40 bits per heavy atom. The van der Waals surface area contributed by atoms with Crippen molar-refractivity contribution in [2.24, 2.45) is 0 Å². The van der Waals surface area contributed by atoms with Gasteiger partial charge in [-0.15, -0.1) is 0 Å². The van der Waals surface area contributed by atoms with Crippen LogP contribution in [0.2, 0.25) is 0 Å². The number of amides is 1. The van der Waals surface area contributed by atoms with Gasteiger partial charge in [-0.05, 0) is 12.8 Å². The molecule has 1 heterocycles. The summed E-state index contributed by atoms with van der Waals surface area (Å²) in [5, 5.41) is 0. The quantitative estimate of drug-likeness (QED) is 0.501. The topological polar surface area (TPSA) is 20.3 Å². The zero-order valence-electron chi connectivity index (χ0n) is 6.05. The highest BCUT2D eigenvalue weighted by atomic mass is 16.2. The van der Waals surface area contributed by atoms with Crippen molar-refractivity contribution in [3.8, 4) is 0 Å². The third-order valence-electron chi connectivity index (χ3n) is 1.68. The molecule has 0 saturated carbocycles. The third-order valence-corrected chi connectivity index (χ3v) is 1.68. The molecule has 0 aliphatic carbocycles. The summed E-state index contributed by atoms with van der Waals surface area (Å²) < 4.78 is 0. The molecule has 0 radical (unpaired) electrons. The van der Waals surface area contributed by atoms with Crippen LogP contribution in [0.3, 0.4) is 0 Å². The fraction of sp³-hybridized carbons (Fsp3) is 0.500. The summed E-state index contributed by atoms with van der Waals surface area (Å²) in [6.07, 6.45) is 6.46. The average molecular weight is 138 g/mol. The van der Waals surface area contributed by atoms with Crippen molar-refractivity contribution in [3.63, 3.8) is 0 Å². The number of nitrogens with zero attached hydrogens (tertiary/aromatic N) is 1. The first-order valence-electron chi connectivity index (χ1n) is 3.61. The van der Waals surface area contributed by atoms with Crippen molar-refractivity contribution >= 4 is 5.91 Å². The summed E-state index contributed by atoms with van der Waals surface area (Å²) in [4.78, 5) is 12.7. The van der Waals surface area contributed by atoms with Crippen LogP contribution in [0, 0.1) is 6.42 Å². The van der Waals surface area contributed by atoms with Crippen molar-refractivity contribution in [2.75, 3.05) is 6.54 Å². The van der Waals surface area contributed by atoms with E-state index in [0.29, 0.717) is 0 Å². The van der Waals surface area contributed by atoms with Crippen LogP contribution in [0.25, 0.3) is 0 Å². The van der Waals surface area contributed by atoms with Crippen molar-refractivity contribution in [1.82, 2.24) is 4.90 Å². The minimum atomic E-state index is 0.104. The maximum atomic E-state index is 11.0. The first-order chi connectivity index (χ1) is 4.84. The van der Waals surface area contributed by atoms with E-state index in [1.165, 1.54) is 0 Å². The van der Waals surface area contributed by atoms with Gasteiger partial charge in [0.1, 0.15) is 0 Å². The van der Waals surface area contributed by atoms with Crippen molar-refractivity contribution in [3.05, 3.63) is 19.2 Å². The fourth-order valence-corrected chi connectivity index (χ4v) is 1.06. The van der Waals surface area contributed by atoms with Gasteiger partial charge in [-0.2, -0.15) is 0 Å². The summed E-state index contributed by atoms with van der Waals surface area (Å²) in [5.41, 5.74) is 0. The molecule has 0 aromatic rings. The molecule has 0 spiro atoms. The lowest BCUT2D eigenvalue weighted by molar-refractivity contribution is -0.124. The van der Waals surface area contributed by atoms with Crippen LogP contribution in [0.15, 0.2) is 12.8 Å². The molecule has 1 saturated heterocycles. The molecule has 1 aliphatic heterocycles. The van der Waals surface area contributed by atoms with Crippen LogP contribution in [0.5, 0.6) is 0 Å². The predicted molar refractivity (Wildman–Crippen MR) is 40.1 cm³/mol. The van der Waals surface area contributed by atoms with Gasteiger partial charge in [0.15, 0.2) is 6.42 Å². The Bertz CT molecular complexity index is 142. The largest absolute Gasteiger partial charge is 0.408 e. The second-order valence-corrected chi connectivity index (χ2v) is 2.41. The molecule has 0 aromatic heterocycles. The highest BCUT2D eigenvalue weighted by molar-refractivity contribution is 5.85. The molecular formula is C8H12NO+. The van der Waals surface area contributed by atoms with Crippen LogP contribution in [-0.2, 0) is 4.79 Å². The van der Waals surface area contributed by atoms with Crippen molar-refractivity contribution in [1.29, 1.82) is 0 Å². The first-order valence-corrected chi connectivity index (χ1v) is 3.61. The van der Waals surface area contributed by atoms with E-state index in [1.54, 1.807) is 17.5 Å². The summed E-state index contributed by atoms with van der Waals surface area (Å²) in [6.45, 7) is 4.39. The molecular weight excluding hydrogens is 126 g/mol. The minimum absolute atomic E-state index is 0.104. The number of rotatable bonds is 1. The predicted octanol–water partition coefficient (Wildman–Crippen LogP) is 1.35. The van der Waals surface area contributed by atoms with E-state index in [-0.39, 0.29) is 5.91 Å². The summed E-state index contributed by atoms with van der Waals surface area (Å²) in [7, 11) is 0. The fourth-order valence-electron chi connectivity index (χ4n) is 1.06. The number of hydrogen-bond acceptors (Lipinski definition) is 1. The van der Waals surface area contributed by atoms with Gasteiger partial charge in [0.25, 0.3) is 0 Å². The summed E-state index contributed by atoms with van der Waals surface area (Å²) in [5.74, 6) is 0.104. The SMILES string of the molecule is C=CN1CCCC[CH+]C1=O. The van der Waals surface area contributed by atoms with E-state index < -0.39 is 0 Å². The standard InChI is InChI=1S/C8H12NO/c1-2-9-7-5-3-4-6-8(9)10/h2,6H,1,3-5,7H2/q+1. The number of hydrogen-bond donors (Lipinski definition) is 0. The van der Waals surface area contributed by atoms with E-state index in [1.807, 2.05) is 0 Å². The first kappa shape index (κ1) is 7.19. The Hall–Kier alpha value is -0.920. The Morgan fingerprint density at radius 1 is 1.60 bits per heavy atom. The van der Waals surface area contributed by atoms with Gasteiger partial charge in [-0.1, -0.05) is 6.58 Å². The zero-order valence-corrected chi connectivity index (χ0v) is 6.05. The summed E-state index contributed by atoms with van der Waals surface area (Å²) in [6, 6.07) is 0. The lowest BCUT2D eigenvalue weighted by atomic mass is 10.2. The van der Waals surface area contributed by atoms with Crippen LogP contribution in [0.4, 0.5) is 0 Å².